The molecule has 4 heteroatoms. The van der Waals surface area contributed by atoms with Crippen LogP contribution in [0.1, 0.15) is 38.3 Å². The third-order valence-electron chi connectivity index (χ3n) is 3.97. The van der Waals surface area contributed by atoms with Gasteiger partial charge in [0.05, 0.1) is 6.04 Å². The first-order valence-corrected chi connectivity index (χ1v) is 7.17. The van der Waals surface area contributed by atoms with Gasteiger partial charge >= 0.3 is 0 Å². The molecule has 0 aromatic heterocycles. The maximum Gasteiger partial charge on any atom is 0.226 e. The van der Waals surface area contributed by atoms with E-state index in [4.69, 9.17) is 11.6 Å². The SMILES string of the molecule is C[C@@H](NC(=O)C1(C)CCNCC1)c1ccccc1Cl. The Kier molecular flexibility index (Phi) is 4.48. The average Bonchev–Trinajstić information content (AvgIpc) is 2.40. The smallest absolute Gasteiger partial charge is 0.226 e. The van der Waals surface area contributed by atoms with E-state index < -0.39 is 0 Å². The molecule has 0 radical (unpaired) electrons. The van der Waals surface area contributed by atoms with Gasteiger partial charge in [-0.1, -0.05) is 36.7 Å². The lowest BCUT2D eigenvalue weighted by Crippen LogP contribution is -2.46. The van der Waals surface area contributed by atoms with Crippen LogP contribution in [0.5, 0.6) is 0 Å². The summed E-state index contributed by atoms with van der Waals surface area (Å²) in [6.45, 7) is 5.83. The number of hydrogen-bond acceptors (Lipinski definition) is 2. The van der Waals surface area contributed by atoms with Gasteiger partial charge in [-0.3, -0.25) is 4.79 Å². The van der Waals surface area contributed by atoms with E-state index in [0.29, 0.717) is 5.02 Å². The summed E-state index contributed by atoms with van der Waals surface area (Å²) in [5.74, 6) is 0.126. The lowest BCUT2D eigenvalue weighted by Gasteiger charge is -2.33. The summed E-state index contributed by atoms with van der Waals surface area (Å²) >= 11 is 6.16. The van der Waals surface area contributed by atoms with Crippen LogP contribution in [0.2, 0.25) is 5.02 Å². The predicted molar refractivity (Wildman–Crippen MR) is 78.2 cm³/mol. The molecule has 0 saturated carbocycles. The van der Waals surface area contributed by atoms with Crippen LogP contribution in [-0.4, -0.2) is 19.0 Å². The van der Waals surface area contributed by atoms with Crippen molar-refractivity contribution in [1.82, 2.24) is 10.6 Å². The molecule has 1 saturated heterocycles. The molecule has 3 nitrogen and oxygen atoms in total. The number of rotatable bonds is 3. The molecule has 0 unspecified atom stereocenters. The molecule has 0 aliphatic carbocycles. The third kappa shape index (κ3) is 3.28. The summed E-state index contributed by atoms with van der Waals surface area (Å²) < 4.78 is 0. The molecule has 1 aliphatic rings. The van der Waals surface area contributed by atoms with Crippen molar-refractivity contribution in [2.75, 3.05) is 13.1 Å². The van der Waals surface area contributed by atoms with Crippen molar-refractivity contribution >= 4 is 17.5 Å². The Morgan fingerprint density at radius 1 is 1.37 bits per heavy atom. The van der Waals surface area contributed by atoms with E-state index in [-0.39, 0.29) is 17.4 Å². The van der Waals surface area contributed by atoms with Gasteiger partial charge in [0, 0.05) is 10.4 Å². The van der Waals surface area contributed by atoms with Crippen molar-refractivity contribution in [2.24, 2.45) is 5.41 Å². The van der Waals surface area contributed by atoms with Crippen molar-refractivity contribution in [2.45, 2.75) is 32.7 Å². The van der Waals surface area contributed by atoms with Gasteiger partial charge in [-0.15, -0.1) is 0 Å². The number of amides is 1. The summed E-state index contributed by atoms with van der Waals surface area (Å²) in [6.07, 6.45) is 1.77. The highest BCUT2D eigenvalue weighted by atomic mass is 35.5. The first-order chi connectivity index (χ1) is 9.03. The van der Waals surface area contributed by atoms with Crippen LogP contribution >= 0.6 is 11.6 Å². The minimum atomic E-state index is -0.263. The van der Waals surface area contributed by atoms with Crippen LogP contribution in [0, 0.1) is 5.41 Å². The van der Waals surface area contributed by atoms with Crippen LogP contribution in [0.15, 0.2) is 24.3 Å². The molecular formula is C15H21ClN2O. The molecule has 2 N–H and O–H groups in total. The molecule has 1 aliphatic heterocycles. The molecule has 104 valence electrons. The number of benzene rings is 1. The molecule has 0 spiro atoms. The Labute approximate surface area is 119 Å². The van der Waals surface area contributed by atoms with E-state index >= 15 is 0 Å². The zero-order valence-corrected chi connectivity index (χ0v) is 12.3. The number of piperidine rings is 1. The van der Waals surface area contributed by atoms with Gasteiger partial charge in [0.15, 0.2) is 0 Å². The topological polar surface area (TPSA) is 41.1 Å². The van der Waals surface area contributed by atoms with Gasteiger partial charge in [-0.05, 0) is 44.5 Å². The highest BCUT2D eigenvalue weighted by Crippen LogP contribution is 2.30. The van der Waals surface area contributed by atoms with Crippen LogP contribution in [0.25, 0.3) is 0 Å². The molecule has 1 aromatic carbocycles. The summed E-state index contributed by atoms with van der Waals surface area (Å²) in [6, 6.07) is 7.59. The fourth-order valence-electron chi connectivity index (χ4n) is 2.48. The molecule has 19 heavy (non-hydrogen) atoms. The van der Waals surface area contributed by atoms with Gasteiger partial charge in [0.25, 0.3) is 0 Å². The third-order valence-corrected chi connectivity index (χ3v) is 4.32. The first kappa shape index (κ1) is 14.4. The normalized spacial score (nSPS) is 19.7. The second kappa shape index (κ2) is 5.93. The first-order valence-electron chi connectivity index (χ1n) is 6.79. The quantitative estimate of drug-likeness (QED) is 0.894. The Morgan fingerprint density at radius 3 is 2.63 bits per heavy atom. The molecule has 2 rings (SSSR count). The summed E-state index contributed by atoms with van der Waals surface area (Å²) in [5.41, 5.74) is 0.705. The highest BCUT2D eigenvalue weighted by molar-refractivity contribution is 6.31. The minimum Gasteiger partial charge on any atom is -0.349 e. The van der Waals surface area contributed by atoms with Crippen LogP contribution < -0.4 is 10.6 Å². The zero-order chi connectivity index (χ0) is 13.9. The maximum absolute atomic E-state index is 12.4. The van der Waals surface area contributed by atoms with Crippen molar-refractivity contribution in [1.29, 1.82) is 0 Å². The number of carbonyl (C=O) groups excluding carboxylic acids is 1. The summed E-state index contributed by atoms with van der Waals surface area (Å²) in [5, 5.41) is 7.08. The largest absolute Gasteiger partial charge is 0.349 e. The van der Waals surface area contributed by atoms with Crippen molar-refractivity contribution in [3.05, 3.63) is 34.9 Å². The molecule has 1 aromatic rings. The Hall–Kier alpha value is -1.06. The van der Waals surface area contributed by atoms with Gasteiger partial charge in [0.2, 0.25) is 5.91 Å². The molecule has 1 amide bonds. The van der Waals surface area contributed by atoms with E-state index in [1.165, 1.54) is 0 Å². The predicted octanol–water partition coefficient (Wildman–Crippen LogP) is 2.91. The van der Waals surface area contributed by atoms with Gasteiger partial charge < -0.3 is 10.6 Å². The van der Waals surface area contributed by atoms with E-state index in [1.807, 2.05) is 38.1 Å². The summed E-state index contributed by atoms with van der Waals surface area (Å²) in [4.78, 5) is 12.4. The van der Waals surface area contributed by atoms with Gasteiger partial charge in [0.1, 0.15) is 0 Å². The number of carbonyl (C=O) groups is 1. The standard InChI is InChI=1S/C15H21ClN2O/c1-11(12-5-3-4-6-13(12)16)18-14(19)15(2)7-9-17-10-8-15/h3-6,11,17H,7-10H2,1-2H3,(H,18,19)/t11-/m1/s1. The van der Waals surface area contributed by atoms with Gasteiger partial charge in [-0.2, -0.15) is 0 Å². The molecule has 1 heterocycles. The minimum absolute atomic E-state index is 0.0621. The van der Waals surface area contributed by atoms with Crippen molar-refractivity contribution < 1.29 is 4.79 Å². The second-order valence-corrected chi connectivity index (χ2v) is 5.93. The monoisotopic (exact) mass is 280 g/mol. The molecule has 1 fully saturated rings. The Balaban J connectivity index is 2.04. The van der Waals surface area contributed by atoms with E-state index in [9.17, 15) is 4.79 Å². The van der Waals surface area contributed by atoms with Crippen LogP contribution in [0.4, 0.5) is 0 Å². The van der Waals surface area contributed by atoms with Crippen LogP contribution in [0.3, 0.4) is 0 Å². The zero-order valence-electron chi connectivity index (χ0n) is 11.5. The number of nitrogens with one attached hydrogen (secondary N) is 2. The van der Waals surface area contributed by atoms with Crippen molar-refractivity contribution in [3.8, 4) is 0 Å². The Morgan fingerprint density at radius 2 is 2.00 bits per heavy atom. The lowest BCUT2D eigenvalue weighted by molar-refractivity contribution is -0.132. The average molecular weight is 281 g/mol. The van der Waals surface area contributed by atoms with Gasteiger partial charge in [-0.25, -0.2) is 0 Å². The fraction of sp³-hybridized carbons (Fsp3) is 0.533. The molecule has 1 atom stereocenters. The number of hydrogen-bond donors (Lipinski definition) is 2. The van der Waals surface area contributed by atoms with Crippen LogP contribution in [-0.2, 0) is 4.79 Å². The second-order valence-electron chi connectivity index (χ2n) is 5.53. The van der Waals surface area contributed by atoms with E-state index in [2.05, 4.69) is 10.6 Å². The summed E-state index contributed by atoms with van der Waals surface area (Å²) in [7, 11) is 0. The molecule has 0 bridgehead atoms. The van der Waals surface area contributed by atoms with E-state index in [1.54, 1.807) is 0 Å². The fourth-order valence-corrected chi connectivity index (χ4v) is 2.78. The Bertz CT molecular complexity index is 455. The molecular weight excluding hydrogens is 260 g/mol. The lowest BCUT2D eigenvalue weighted by atomic mass is 9.80. The maximum atomic E-state index is 12.4. The van der Waals surface area contributed by atoms with Crippen molar-refractivity contribution in [3.63, 3.8) is 0 Å². The van der Waals surface area contributed by atoms with E-state index in [0.717, 1.165) is 31.5 Å². The highest BCUT2D eigenvalue weighted by Gasteiger charge is 2.35. The number of halogens is 1.